The van der Waals surface area contributed by atoms with Gasteiger partial charge in [-0.25, -0.2) is 9.18 Å². The largest absolute Gasteiger partial charge is 0.325 e. The molecule has 0 aliphatic rings. The number of amides is 1. The molecule has 0 saturated heterocycles. The van der Waals surface area contributed by atoms with Crippen molar-refractivity contribution >= 4 is 11.6 Å². The molecule has 1 heterocycles. The fourth-order valence-corrected chi connectivity index (χ4v) is 1.30. The van der Waals surface area contributed by atoms with Crippen molar-refractivity contribution in [1.29, 1.82) is 0 Å². The lowest BCUT2D eigenvalue weighted by Crippen LogP contribution is -2.26. The third kappa shape index (κ3) is 2.51. The van der Waals surface area contributed by atoms with Crippen molar-refractivity contribution in [3.05, 3.63) is 62.7 Å². The maximum Gasteiger partial charge on any atom is 0.325 e. The number of nitrogens with one attached hydrogen (secondary N) is 3. The first kappa shape index (κ1) is 11.8. The quantitative estimate of drug-likeness (QED) is 0.721. The van der Waals surface area contributed by atoms with E-state index in [0.717, 1.165) is 18.3 Å². The lowest BCUT2D eigenvalue weighted by atomic mass is 10.2. The van der Waals surface area contributed by atoms with E-state index in [-0.39, 0.29) is 11.3 Å². The van der Waals surface area contributed by atoms with E-state index in [1.54, 1.807) is 0 Å². The van der Waals surface area contributed by atoms with Gasteiger partial charge in [0.1, 0.15) is 11.5 Å². The summed E-state index contributed by atoms with van der Waals surface area (Å²) in [4.78, 5) is 37.9. The third-order valence-electron chi connectivity index (χ3n) is 2.17. The molecule has 0 fully saturated rings. The number of benzene rings is 1. The lowest BCUT2D eigenvalue weighted by molar-refractivity contribution is 0.102. The standard InChI is InChI=1S/C11H8FN3O3/c12-7-3-1-6(2-4-7)9(16)14-8-5-13-11(18)15-10(8)17/h1-5H,(H,14,16)(H2,13,15,17,18). The van der Waals surface area contributed by atoms with Crippen LogP contribution in [0.2, 0.25) is 0 Å². The van der Waals surface area contributed by atoms with E-state index in [1.165, 1.54) is 12.1 Å². The maximum absolute atomic E-state index is 12.7. The molecule has 2 rings (SSSR count). The Morgan fingerprint density at radius 2 is 1.83 bits per heavy atom. The van der Waals surface area contributed by atoms with Gasteiger partial charge in [0.05, 0.1) is 0 Å². The number of carbonyl (C=O) groups is 1. The number of halogens is 1. The third-order valence-corrected chi connectivity index (χ3v) is 2.17. The van der Waals surface area contributed by atoms with E-state index in [4.69, 9.17) is 0 Å². The highest BCUT2D eigenvalue weighted by Gasteiger charge is 2.08. The first-order chi connectivity index (χ1) is 8.56. The number of aromatic nitrogens is 2. The van der Waals surface area contributed by atoms with Gasteiger partial charge in [0.15, 0.2) is 0 Å². The van der Waals surface area contributed by atoms with Crippen LogP contribution >= 0.6 is 0 Å². The number of aromatic amines is 2. The molecule has 2 aromatic rings. The molecule has 0 saturated carbocycles. The van der Waals surface area contributed by atoms with Gasteiger partial charge in [-0.2, -0.15) is 0 Å². The molecule has 6 nitrogen and oxygen atoms in total. The van der Waals surface area contributed by atoms with E-state index in [9.17, 15) is 18.8 Å². The Labute approximate surface area is 99.5 Å². The molecule has 7 heteroatoms. The minimum Gasteiger partial charge on any atom is -0.316 e. The van der Waals surface area contributed by atoms with E-state index in [0.29, 0.717) is 0 Å². The van der Waals surface area contributed by atoms with Gasteiger partial charge in [-0.3, -0.25) is 14.6 Å². The summed E-state index contributed by atoms with van der Waals surface area (Å²) in [5.74, 6) is -1.04. The molecule has 1 amide bonds. The van der Waals surface area contributed by atoms with E-state index in [2.05, 4.69) is 10.3 Å². The first-order valence-corrected chi connectivity index (χ1v) is 4.95. The second kappa shape index (κ2) is 4.66. The van der Waals surface area contributed by atoms with Crippen LogP contribution in [-0.2, 0) is 0 Å². The molecular formula is C11H8FN3O3. The summed E-state index contributed by atoms with van der Waals surface area (Å²) in [6, 6.07) is 4.83. The summed E-state index contributed by atoms with van der Waals surface area (Å²) >= 11 is 0. The predicted molar refractivity (Wildman–Crippen MR) is 62.0 cm³/mol. The summed E-state index contributed by atoms with van der Waals surface area (Å²) in [7, 11) is 0. The molecule has 0 unspecified atom stereocenters. The van der Waals surface area contributed by atoms with Crippen LogP contribution in [0, 0.1) is 5.82 Å². The Balaban J connectivity index is 2.24. The molecule has 3 N–H and O–H groups in total. The van der Waals surface area contributed by atoms with Gasteiger partial charge < -0.3 is 10.3 Å². The van der Waals surface area contributed by atoms with E-state index < -0.39 is 23.0 Å². The summed E-state index contributed by atoms with van der Waals surface area (Å²) in [6.45, 7) is 0. The zero-order valence-electron chi connectivity index (χ0n) is 8.99. The molecule has 0 aliphatic heterocycles. The highest BCUT2D eigenvalue weighted by atomic mass is 19.1. The normalized spacial score (nSPS) is 10.1. The highest BCUT2D eigenvalue weighted by molar-refractivity contribution is 6.04. The van der Waals surface area contributed by atoms with Crippen molar-refractivity contribution in [2.75, 3.05) is 5.32 Å². The van der Waals surface area contributed by atoms with Crippen LogP contribution in [0.15, 0.2) is 40.1 Å². The van der Waals surface area contributed by atoms with Crippen LogP contribution in [0.4, 0.5) is 10.1 Å². The SMILES string of the molecule is O=C(Nc1c[nH]c(=O)[nH]c1=O)c1ccc(F)cc1. The average Bonchev–Trinajstić information content (AvgIpc) is 2.33. The van der Waals surface area contributed by atoms with Crippen molar-refractivity contribution in [1.82, 2.24) is 9.97 Å². The monoisotopic (exact) mass is 249 g/mol. The van der Waals surface area contributed by atoms with Crippen molar-refractivity contribution in [3.8, 4) is 0 Å². The van der Waals surface area contributed by atoms with E-state index in [1.807, 2.05) is 4.98 Å². The van der Waals surface area contributed by atoms with Crippen molar-refractivity contribution in [3.63, 3.8) is 0 Å². The van der Waals surface area contributed by atoms with Gasteiger partial charge in [-0.05, 0) is 24.3 Å². The molecule has 0 atom stereocenters. The Hall–Kier alpha value is -2.70. The van der Waals surface area contributed by atoms with Gasteiger partial charge in [0, 0.05) is 11.8 Å². The van der Waals surface area contributed by atoms with Crippen LogP contribution in [0.3, 0.4) is 0 Å². The predicted octanol–water partition coefficient (Wildman–Crippen LogP) is 0.455. The fraction of sp³-hybridized carbons (Fsp3) is 0. The van der Waals surface area contributed by atoms with E-state index >= 15 is 0 Å². The van der Waals surface area contributed by atoms with Gasteiger partial charge in [0.25, 0.3) is 11.5 Å². The summed E-state index contributed by atoms with van der Waals surface area (Å²) in [5, 5.41) is 2.30. The lowest BCUT2D eigenvalue weighted by Gasteiger charge is -2.03. The molecule has 0 bridgehead atoms. The van der Waals surface area contributed by atoms with Gasteiger partial charge in [-0.1, -0.05) is 0 Å². The van der Waals surface area contributed by atoms with Crippen molar-refractivity contribution < 1.29 is 9.18 Å². The first-order valence-electron chi connectivity index (χ1n) is 4.95. The molecule has 18 heavy (non-hydrogen) atoms. The molecule has 0 radical (unpaired) electrons. The number of hydrogen-bond donors (Lipinski definition) is 3. The molecule has 1 aromatic carbocycles. The van der Waals surface area contributed by atoms with Gasteiger partial charge >= 0.3 is 5.69 Å². The van der Waals surface area contributed by atoms with Crippen LogP contribution in [0.5, 0.6) is 0 Å². The second-order valence-electron chi connectivity index (χ2n) is 3.45. The molecule has 92 valence electrons. The smallest absolute Gasteiger partial charge is 0.316 e. The second-order valence-corrected chi connectivity index (χ2v) is 3.45. The Morgan fingerprint density at radius 1 is 1.17 bits per heavy atom. The zero-order chi connectivity index (χ0) is 13.1. The minimum atomic E-state index is -0.714. The number of H-pyrrole nitrogens is 2. The molecule has 0 aliphatic carbocycles. The summed E-state index contributed by atoms with van der Waals surface area (Å²) < 4.78 is 12.7. The highest BCUT2D eigenvalue weighted by Crippen LogP contribution is 2.05. The van der Waals surface area contributed by atoms with Crippen molar-refractivity contribution in [2.24, 2.45) is 0 Å². The number of rotatable bonds is 2. The molecule has 0 spiro atoms. The van der Waals surface area contributed by atoms with Crippen LogP contribution in [0.25, 0.3) is 0 Å². The summed E-state index contributed by atoms with van der Waals surface area (Å²) in [6.07, 6.45) is 1.09. The van der Waals surface area contributed by atoms with Crippen LogP contribution in [-0.4, -0.2) is 15.9 Å². The Kier molecular flexibility index (Phi) is 3.05. The van der Waals surface area contributed by atoms with Gasteiger partial charge in [0.2, 0.25) is 0 Å². The summed E-state index contributed by atoms with van der Waals surface area (Å²) in [5.41, 5.74) is -1.28. The molecule has 1 aromatic heterocycles. The van der Waals surface area contributed by atoms with Crippen LogP contribution < -0.4 is 16.6 Å². The van der Waals surface area contributed by atoms with Crippen LogP contribution in [0.1, 0.15) is 10.4 Å². The maximum atomic E-state index is 12.7. The Bertz CT molecular complexity index is 688. The number of hydrogen-bond acceptors (Lipinski definition) is 3. The Morgan fingerprint density at radius 3 is 2.44 bits per heavy atom. The zero-order valence-corrected chi connectivity index (χ0v) is 8.99. The van der Waals surface area contributed by atoms with Gasteiger partial charge in [-0.15, -0.1) is 0 Å². The average molecular weight is 249 g/mol. The van der Waals surface area contributed by atoms with Crippen molar-refractivity contribution in [2.45, 2.75) is 0 Å². The number of carbonyl (C=O) groups excluding carboxylic acids is 1. The molecular weight excluding hydrogens is 241 g/mol. The fourth-order valence-electron chi connectivity index (χ4n) is 1.30. The number of anilines is 1. The minimum absolute atomic E-state index is 0.0936. The topological polar surface area (TPSA) is 94.8 Å².